The number of nitrogens with one attached hydrogen (secondary N) is 2. The number of alkyl halides is 1. The van der Waals surface area contributed by atoms with E-state index in [1.54, 1.807) is 75.4 Å². The predicted molar refractivity (Wildman–Crippen MR) is 527 cm³/mol. The number of ether oxygens (including phenoxy) is 2. The zero-order valence-electron chi connectivity index (χ0n) is 77.8. The van der Waals surface area contributed by atoms with Crippen LogP contribution in [0.1, 0.15) is 240 Å². The van der Waals surface area contributed by atoms with E-state index in [2.05, 4.69) is 143 Å². The maximum Gasteiger partial charge on any atom is 0.494 e. The minimum Gasteiger partial charge on any atom is -0.492 e. The van der Waals surface area contributed by atoms with E-state index in [-0.39, 0.29) is 106 Å². The van der Waals surface area contributed by atoms with Crippen LogP contribution in [0.15, 0.2) is 184 Å². The van der Waals surface area contributed by atoms with E-state index in [1.165, 1.54) is 45.4 Å². The second-order valence-electron chi connectivity index (χ2n) is 32.7. The summed E-state index contributed by atoms with van der Waals surface area (Å²) in [5.41, 5.74) is 33.5. The minimum absolute atomic E-state index is 0.0323. The number of hydrogen-bond acceptors (Lipinski definition) is 18. The molecule has 686 valence electrons. The van der Waals surface area contributed by atoms with Crippen molar-refractivity contribution in [3.05, 3.63) is 240 Å². The Labute approximate surface area is 779 Å². The lowest BCUT2D eigenvalue weighted by Crippen LogP contribution is -2.46. The standard InChI is InChI=1S/C53H66N8O7.C18H27BO2.C12H15Cl.C12H18N2O2S.C7H6BrCl/c1-7-35(8-2)27-36-11-14-38(15-12-36)51-58-33(4)49(34(5)59-51)45(63)31-40(19-21-55)53(66)61(6)50-39-16-18-48(68-25-23-57)42(30-39)41-28-37(13-17-47(41)67-24-22-56)29-43(44(62)10-9-20-54)60-52(65)32(3)26-46(50)64;1-7-14(8-2)13-15-9-11-16(12-10-15)19-20-17(3,4)18(5,6)21-19;1-3-10(4-2)9-11-5-7-12(13)8-6-11;1-4-11(5-2)13-14-17(15,16)12-8-6-10(3)7-9-12;8-5-6-1-3-7(9)4-2-6/h11-18,27-28,30,32,40,43,50H,7-10,19,21-26,29,31,55-57H2,1-6H3,(H,60,65);9-13H,7-8H2,1-6H3;5-9H,3-4H2,1-2H3;6-9,14H,4-5H2,1-3H3;1-4H,5H2/t32-,40-,43+,50+;;;;/m1..../s1. The number of amides is 2. The topological polar surface area (TPSA) is 324 Å². The Kier molecular flexibility index (Phi) is 44.6. The molecule has 0 radical (unpaired) electrons. The molecule has 7 aromatic carbocycles. The van der Waals surface area contributed by atoms with Gasteiger partial charge in [0.2, 0.25) is 11.8 Å². The number of aromatic nitrogens is 2. The van der Waals surface area contributed by atoms with Gasteiger partial charge >= 0.3 is 7.12 Å². The molecular weight excluding hydrogens is 1730 g/mol. The van der Waals surface area contributed by atoms with Gasteiger partial charge in [0.15, 0.2) is 23.2 Å². The second-order valence-corrected chi connectivity index (χ2v) is 35.8. The fraction of sp³-hybridized carbons (Fsp3) is 0.422. The number of aryl methyl sites for hydroxylation is 3. The fourth-order valence-electron chi connectivity index (χ4n) is 14.2. The van der Waals surface area contributed by atoms with Crippen LogP contribution in [0.25, 0.3) is 40.7 Å². The van der Waals surface area contributed by atoms with Crippen LogP contribution in [0.5, 0.6) is 11.5 Å². The number of sulfonamides is 1. The molecule has 10 rings (SSSR count). The van der Waals surface area contributed by atoms with Gasteiger partial charge in [-0.15, -0.1) is 0 Å². The van der Waals surface area contributed by atoms with Crippen LogP contribution in [0.4, 0.5) is 0 Å². The SMILES string of the molecule is CCC(=Cc1ccc(-c2nc(C)c(C(=O)C[C@@H](CCN)C(=O)N(C)[C@@H]3C(=O)C[C@@H](C)C(=O)N[C@H](C(=O)CCC#N)Cc4ccc(OCCN)c(c4)-c4cc3ccc4OCCN)c(C)n2)cc1)CC.CCC(=Cc1ccc(B2OC(C)(C)C(C)(C)O2)cc1)CC.CCC(=Cc1ccc(Cl)cc1)CC.CCC(CC)=NNS(=O)(=O)c1ccc(C)cc1.Clc1ccc(CBr)cc1. The van der Waals surface area contributed by atoms with Gasteiger partial charge in [0.25, 0.3) is 10.0 Å². The van der Waals surface area contributed by atoms with E-state index in [0.29, 0.717) is 56.5 Å². The minimum atomic E-state index is -3.53. The number of likely N-dealkylation sites (N-methyl/N-ethyl adjacent to an activating group) is 1. The average Bonchev–Trinajstić information content (AvgIpc) is 1.63. The summed E-state index contributed by atoms with van der Waals surface area (Å²) in [6, 6.07) is 49.1. The van der Waals surface area contributed by atoms with Crippen LogP contribution < -0.4 is 42.3 Å². The maximum absolute atomic E-state index is 14.9. The summed E-state index contributed by atoms with van der Waals surface area (Å²) in [5.74, 6) is -2.70. The number of allylic oxidation sites excluding steroid dienone is 3. The molecule has 0 saturated carbocycles. The third-order valence-corrected chi connectivity index (χ3v) is 25.1. The largest absolute Gasteiger partial charge is 0.494 e. The van der Waals surface area contributed by atoms with Crippen molar-refractivity contribution in [3.8, 4) is 40.1 Å². The molecular formula is C102H132BBrCl2N10O11S. The first-order valence-electron chi connectivity index (χ1n) is 44.4. The fourth-order valence-corrected chi connectivity index (χ4v) is 15.7. The maximum atomic E-state index is 14.9. The molecule has 0 unspecified atom stereocenters. The monoisotopic (exact) mass is 1860 g/mol. The molecule has 0 spiro atoms. The smallest absolute Gasteiger partial charge is 0.492 e. The van der Waals surface area contributed by atoms with E-state index >= 15 is 0 Å². The van der Waals surface area contributed by atoms with Crippen molar-refractivity contribution in [1.29, 1.82) is 5.26 Å². The average molecular weight is 1870 g/mol. The van der Waals surface area contributed by atoms with Gasteiger partial charge in [0, 0.05) is 95.4 Å². The van der Waals surface area contributed by atoms with E-state index < -0.39 is 51.5 Å². The van der Waals surface area contributed by atoms with Gasteiger partial charge in [-0.2, -0.15) is 18.8 Å². The summed E-state index contributed by atoms with van der Waals surface area (Å²) in [5, 5.41) is 18.5. The highest BCUT2D eigenvalue weighted by Gasteiger charge is 2.52. The normalized spacial score (nSPS) is 15.0. The Bertz CT molecular complexity index is 5190. The van der Waals surface area contributed by atoms with Gasteiger partial charge in [-0.3, -0.25) is 24.0 Å². The van der Waals surface area contributed by atoms with Crippen molar-refractivity contribution in [3.63, 3.8) is 0 Å². The first-order chi connectivity index (χ1) is 61.0. The summed E-state index contributed by atoms with van der Waals surface area (Å²) >= 11 is 14.8. The number of nitriles is 1. The molecule has 21 nitrogen and oxygen atoms in total. The highest BCUT2D eigenvalue weighted by molar-refractivity contribution is 9.08. The van der Waals surface area contributed by atoms with Crippen LogP contribution in [0, 0.1) is 43.9 Å². The molecule has 26 heteroatoms. The number of benzene rings is 7. The van der Waals surface area contributed by atoms with E-state index in [0.717, 1.165) is 94.6 Å². The lowest BCUT2D eigenvalue weighted by molar-refractivity contribution is -0.142. The van der Waals surface area contributed by atoms with Gasteiger partial charge in [-0.1, -0.05) is 239 Å². The van der Waals surface area contributed by atoms with Crippen LogP contribution >= 0.6 is 39.1 Å². The van der Waals surface area contributed by atoms with Crippen molar-refractivity contribution in [2.45, 2.75) is 234 Å². The van der Waals surface area contributed by atoms with E-state index in [1.807, 2.05) is 106 Å². The number of fused-ring (bicyclic) bond motifs is 5. The number of nitrogens with two attached hydrogens (primary N) is 3. The molecule has 1 fully saturated rings. The molecule has 0 aliphatic carbocycles. The Morgan fingerprint density at radius 1 is 0.664 bits per heavy atom. The molecule has 1 aromatic heterocycles. The van der Waals surface area contributed by atoms with Gasteiger partial charge in [-0.05, 0) is 219 Å². The van der Waals surface area contributed by atoms with Crippen molar-refractivity contribution in [1.82, 2.24) is 25.0 Å². The molecule has 2 aliphatic heterocycles. The van der Waals surface area contributed by atoms with Crippen LogP contribution in [0.2, 0.25) is 10.0 Å². The predicted octanol–water partition coefficient (Wildman–Crippen LogP) is 21.0. The first-order valence-corrected chi connectivity index (χ1v) is 47.8. The third-order valence-electron chi connectivity index (χ3n) is 22.8. The van der Waals surface area contributed by atoms with Crippen molar-refractivity contribution in [2.24, 2.45) is 34.1 Å². The Morgan fingerprint density at radius 3 is 1.61 bits per heavy atom. The number of nitrogens with zero attached hydrogens (tertiary/aromatic N) is 5. The van der Waals surface area contributed by atoms with E-state index in [9.17, 15) is 37.7 Å². The molecule has 4 bridgehead atoms. The third kappa shape index (κ3) is 32.4. The summed E-state index contributed by atoms with van der Waals surface area (Å²) in [6.07, 6.45) is 14.2. The Hall–Kier alpha value is -9.78. The molecule has 8 N–H and O–H groups in total. The van der Waals surface area contributed by atoms with Crippen molar-refractivity contribution >= 4 is 115 Å². The summed E-state index contributed by atoms with van der Waals surface area (Å²) in [7, 11) is -2.30. The molecule has 2 amide bonds. The van der Waals surface area contributed by atoms with Gasteiger partial charge in [0.1, 0.15) is 30.8 Å². The van der Waals surface area contributed by atoms with E-state index in [4.69, 9.17) is 69.2 Å². The highest BCUT2D eigenvalue weighted by atomic mass is 79.9. The molecule has 1 saturated heterocycles. The highest BCUT2D eigenvalue weighted by Crippen LogP contribution is 2.42. The molecule has 128 heavy (non-hydrogen) atoms. The van der Waals surface area contributed by atoms with Gasteiger partial charge in [0.05, 0.1) is 45.2 Å². The van der Waals surface area contributed by atoms with Crippen molar-refractivity contribution < 1.29 is 51.2 Å². The number of hydrogen-bond donors (Lipinski definition) is 5. The zero-order chi connectivity index (χ0) is 94.4. The number of halogens is 3. The Balaban J connectivity index is 0.000000332. The lowest BCUT2D eigenvalue weighted by Gasteiger charge is -2.32. The number of carbonyl (C=O) groups excluding carboxylic acids is 5. The zero-order valence-corrected chi connectivity index (χ0v) is 81.7. The van der Waals surface area contributed by atoms with Crippen LogP contribution in [-0.2, 0) is 50.3 Å². The van der Waals surface area contributed by atoms with Crippen LogP contribution in [-0.4, -0.2) is 122 Å². The molecule has 4 atom stereocenters. The second kappa shape index (κ2) is 53.4. The number of hydrazone groups is 1. The molecule has 8 aromatic rings. The van der Waals surface area contributed by atoms with Gasteiger partial charge in [-0.25, -0.2) is 14.8 Å². The number of carbonyl (C=O) groups is 5. The number of rotatable bonds is 33. The first kappa shape index (κ1) is 107. The Morgan fingerprint density at radius 2 is 1.14 bits per heavy atom. The quantitative estimate of drug-likeness (QED) is 0.00839. The van der Waals surface area contributed by atoms with Crippen LogP contribution in [0.3, 0.4) is 0 Å². The number of ketones is 3. The molecule has 3 heterocycles. The summed E-state index contributed by atoms with van der Waals surface area (Å²) in [4.78, 5) is 84.5. The summed E-state index contributed by atoms with van der Waals surface area (Å²) < 4.78 is 48.1. The summed E-state index contributed by atoms with van der Waals surface area (Å²) in [6.45, 7) is 33.1. The molecule has 2 aliphatic rings. The number of Topliss-reactive ketones (excluding diaryl/α,β-unsaturated/α-hetero) is 3. The van der Waals surface area contributed by atoms with Crippen molar-refractivity contribution in [2.75, 3.05) is 39.9 Å². The lowest BCUT2D eigenvalue weighted by atomic mass is 9.79. The van der Waals surface area contributed by atoms with Gasteiger partial charge < -0.3 is 46.2 Å².